The second kappa shape index (κ2) is 5.50. The number of carbonyl (C=O) groups is 1. The molecule has 3 aliphatic rings. The first-order valence-corrected chi connectivity index (χ1v) is 8.01. The molecule has 0 aromatic heterocycles. The van der Waals surface area contributed by atoms with E-state index in [4.69, 9.17) is 0 Å². The highest BCUT2D eigenvalue weighted by molar-refractivity contribution is 8.03. The molecule has 20 heavy (non-hydrogen) atoms. The molecule has 0 saturated carbocycles. The summed E-state index contributed by atoms with van der Waals surface area (Å²) in [6, 6.07) is -0.0435. The molecule has 5 nitrogen and oxygen atoms in total. The van der Waals surface area contributed by atoms with Crippen molar-refractivity contribution < 1.29 is 14.7 Å². The molecule has 2 saturated heterocycles. The van der Waals surface area contributed by atoms with Gasteiger partial charge in [-0.15, -0.1) is 11.8 Å². The van der Waals surface area contributed by atoms with Crippen LogP contribution in [0.3, 0.4) is 0 Å². The van der Waals surface area contributed by atoms with Crippen molar-refractivity contribution in [2.75, 3.05) is 13.1 Å². The minimum Gasteiger partial charge on any atom is -0.393 e. The van der Waals surface area contributed by atoms with Crippen LogP contribution in [0.1, 0.15) is 26.2 Å². The highest BCUT2D eigenvalue weighted by atomic mass is 32.2. The molecule has 0 aromatic rings. The highest BCUT2D eigenvalue weighted by Crippen LogP contribution is 2.47. The molecule has 1 amide bonds. The zero-order valence-corrected chi connectivity index (χ0v) is 12.3. The highest BCUT2D eigenvalue weighted by Gasteiger charge is 2.55. The smallest absolute Gasteiger partial charge is 0.252 e. The molecular formula is C14H19N2O3S. The van der Waals surface area contributed by atoms with Gasteiger partial charge in [0.15, 0.2) is 0 Å². The fraction of sp³-hybridized carbons (Fsp3) is 0.714. The molecule has 0 bridgehead atoms. The Balaban J connectivity index is 1.73. The molecule has 1 radical (unpaired) electrons. The largest absolute Gasteiger partial charge is 0.393 e. The number of allylic oxidation sites excluding steroid dienone is 1. The van der Waals surface area contributed by atoms with Crippen molar-refractivity contribution in [3.63, 3.8) is 0 Å². The fourth-order valence-corrected chi connectivity index (χ4v) is 4.75. The first kappa shape index (κ1) is 14.1. The fourth-order valence-electron chi connectivity index (χ4n) is 3.34. The van der Waals surface area contributed by atoms with Crippen LogP contribution in [0.5, 0.6) is 0 Å². The summed E-state index contributed by atoms with van der Waals surface area (Å²) in [5.41, 5.74) is 0.410. The number of rotatable bonds is 4. The second-order valence-electron chi connectivity index (χ2n) is 5.71. The predicted octanol–water partition coefficient (Wildman–Crippen LogP) is 0.404. The first-order chi connectivity index (χ1) is 9.63. The standard InChI is InChI=1S/C14H19N2O3S/c1-8(18)13-10-5-12(11(7-17)16(10)14(13)19)20-9-3-2-4-15-6-9/h8-10,13,15,18H,2-6H2,1H3/t8?,9?,10-,13?/m1/s1. The molecule has 0 aliphatic carbocycles. The molecule has 0 aromatic carbocycles. The number of nitrogens with one attached hydrogen (secondary N) is 1. The Morgan fingerprint density at radius 1 is 1.55 bits per heavy atom. The Hall–Kier alpha value is -0.850. The number of nitrogens with zero attached hydrogens (tertiary/aromatic N) is 1. The van der Waals surface area contributed by atoms with E-state index in [-0.39, 0.29) is 17.9 Å². The van der Waals surface area contributed by atoms with Gasteiger partial charge in [0.25, 0.3) is 6.29 Å². The van der Waals surface area contributed by atoms with Crippen molar-refractivity contribution in [1.82, 2.24) is 10.2 Å². The van der Waals surface area contributed by atoms with E-state index in [1.54, 1.807) is 18.7 Å². The SMILES string of the molecule is CC(O)C1C(=O)N2C([C]=O)=C(SC3CCCNC3)C[C@H]12. The van der Waals surface area contributed by atoms with Crippen LogP contribution in [-0.2, 0) is 9.59 Å². The summed E-state index contributed by atoms with van der Waals surface area (Å²) in [4.78, 5) is 25.7. The third-order valence-electron chi connectivity index (χ3n) is 4.35. The number of aliphatic hydroxyl groups is 1. The van der Waals surface area contributed by atoms with Gasteiger partial charge in [0.2, 0.25) is 5.91 Å². The lowest BCUT2D eigenvalue weighted by Crippen LogP contribution is -2.61. The summed E-state index contributed by atoms with van der Waals surface area (Å²) in [5.74, 6) is -0.498. The average Bonchev–Trinajstić information content (AvgIpc) is 2.73. The van der Waals surface area contributed by atoms with E-state index < -0.39 is 6.10 Å². The van der Waals surface area contributed by atoms with Gasteiger partial charge >= 0.3 is 0 Å². The van der Waals surface area contributed by atoms with Crippen molar-refractivity contribution in [3.8, 4) is 0 Å². The zero-order valence-electron chi connectivity index (χ0n) is 11.5. The van der Waals surface area contributed by atoms with E-state index in [2.05, 4.69) is 5.32 Å². The van der Waals surface area contributed by atoms with E-state index in [1.807, 2.05) is 6.29 Å². The topological polar surface area (TPSA) is 69.6 Å². The number of amides is 1. The lowest BCUT2D eigenvalue weighted by atomic mass is 9.83. The number of hydrogen-bond donors (Lipinski definition) is 2. The predicted molar refractivity (Wildman–Crippen MR) is 76.6 cm³/mol. The minimum absolute atomic E-state index is 0.0435. The van der Waals surface area contributed by atoms with E-state index in [1.165, 1.54) is 4.90 Å². The minimum atomic E-state index is -0.655. The third-order valence-corrected chi connectivity index (χ3v) is 5.73. The Morgan fingerprint density at radius 3 is 2.95 bits per heavy atom. The van der Waals surface area contributed by atoms with Gasteiger partial charge in [-0.25, -0.2) is 0 Å². The summed E-state index contributed by atoms with van der Waals surface area (Å²) in [6.45, 7) is 3.64. The summed E-state index contributed by atoms with van der Waals surface area (Å²) in [7, 11) is 0. The molecule has 2 N–H and O–H groups in total. The molecule has 3 heterocycles. The number of β-lactam (4-membered cyclic amide) rings is 1. The lowest BCUT2D eigenvalue weighted by molar-refractivity contribution is -0.156. The van der Waals surface area contributed by atoms with Crippen molar-refractivity contribution in [3.05, 3.63) is 10.6 Å². The maximum absolute atomic E-state index is 12.0. The number of fused-ring (bicyclic) bond motifs is 1. The van der Waals surface area contributed by atoms with Gasteiger partial charge < -0.3 is 15.3 Å². The molecule has 2 fully saturated rings. The molecule has 3 rings (SSSR count). The van der Waals surface area contributed by atoms with Gasteiger partial charge in [-0.05, 0) is 26.3 Å². The maximum atomic E-state index is 12.0. The van der Waals surface area contributed by atoms with Gasteiger partial charge in [0.1, 0.15) is 5.70 Å². The molecule has 3 aliphatic heterocycles. The molecule has 0 spiro atoms. The van der Waals surface area contributed by atoms with Gasteiger partial charge in [-0.3, -0.25) is 9.59 Å². The van der Waals surface area contributed by atoms with Crippen LogP contribution in [0, 0.1) is 5.92 Å². The van der Waals surface area contributed by atoms with Crippen LogP contribution < -0.4 is 5.32 Å². The number of thioether (sulfide) groups is 1. The van der Waals surface area contributed by atoms with Crippen molar-refractivity contribution in [1.29, 1.82) is 0 Å². The van der Waals surface area contributed by atoms with E-state index in [0.717, 1.165) is 30.8 Å². The second-order valence-corrected chi connectivity index (χ2v) is 7.10. The quantitative estimate of drug-likeness (QED) is 0.735. The maximum Gasteiger partial charge on any atom is 0.252 e. The first-order valence-electron chi connectivity index (χ1n) is 7.13. The monoisotopic (exact) mass is 295 g/mol. The van der Waals surface area contributed by atoms with Gasteiger partial charge in [-0.1, -0.05) is 0 Å². The average molecular weight is 295 g/mol. The van der Waals surface area contributed by atoms with Crippen LogP contribution in [0.2, 0.25) is 0 Å². The Morgan fingerprint density at radius 2 is 2.35 bits per heavy atom. The van der Waals surface area contributed by atoms with Gasteiger partial charge in [0.05, 0.1) is 18.1 Å². The number of hydrogen-bond acceptors (Lipinski definition) is 5. The molecule has 109 valence electrons. The van der Waals surface area contributed by atoms with E-state index in [0.29, 0.717) is 17.4 Å². The summed E-state index contributed by atoms with van der Waals surface area (Å²) in [5, 5.41) is 13.5. The van der Waals surface area contributed by atoms with E-state index >= 15 is 0 Å². The van der Waals surface area contributed by atoms with Crippen molar-refractivity contribution >= 4 is 24.0 Å². The lowest BCUT2D eigenvalue weighted by Gasteiger charge is -2.44. The van der Waals surface area contributed by atoms with Crippen LogP contribution in [0.4, 0.5) is 0 Å². The van der Waals surface area contributed by atoms with Crippen LogP contribution in [0.15, 0.2) is 10.6 Å². The third kappa shape index (κ3) is 2.19. The Kier molecular flexibility index (Phi) is 3.88. The summed E-state index contributed by atoms with van der Waals surface area (Å²) in [6.07, 6.45) is 4.25. The molecule has 6 heteroatoms. The Labute approximate surface area is 122 Å². The normalized spacial score (nSPS) is 34.8. The van der Waals surface area contributed by atoms with Gasteiger partial charge in [0, 0.05) is 23.1 Å². The number of carbonyl (C=O) groups excluding carboxylic acids is 2. The van der Waals surface area contributed by atoms with Crippen molar-refractivity contribution in [2.24, 2.45) is 5.92 Å². The van der Waals surface area contributed by atoms with Crippen LogP contribution in [0.25, 0.3) is 0 Å². The van der Waals surface area contributed by atoms with E-state index in [9.17, 15) is 14.7 Å². The van der Waals surface area contributed by atoms with Crippen LogP contribution in [-0.4, -0.2) is 52.7 Å². The summed E-state index contributed by atoms with van der Waals surface area (Å²) >= 11 is 1.70. The zero-order chi connectivity index (χ0) is 14.3. The molecule has 3 unspecified atom stereocenters. The van der Waals surface area contributed by atoms with Crippen molar-refractivity contribution in [2.45, 2.75) is 43.6 Å². The number of piperidine rings is 1. The molecular weight excluding hydrogens is 276 g/mol. The van der Waals surface area contributed by atoms with Crippen LogP contribution >= 0.6 is 11.8 Å². The molecule has 4 atom stereocenters. The Bertz CT molecular complexity index is 457. The van der Waals surface area contributed by atoms with Gasteiger partial charge in [-0.2, -0.15) is 0 Å². The number of aliphatic hydroxyl groups excluding tert-OH is 1. The summed E-state index contributed by atoms with van der Waals surface area (Å²) < 4.78 is 0.